The third-order valence-corrected chi connectivity index (χ3v) is 3.96. The summed E-state index contributed by atoms with van der Waals surface area (Å²) >= 11 is 0. The second-order valence-corrected chi connectivity index (χ2v) is 6.34. The van der Waals surface area contributed by atoms with Gasteiger partial charge in [0.15, 0.2) is 5.82 Å². The molecular weight excluding hydrogens is 346 g/mol. The third-order valence-electron chi connectivity index (χ3n) is 3.96. The summed E-state index contributed by atoms with van der Waals surface area (Å²) in [5, 5.41) is 9.60. The molecule has 0 unspecified atom stereocenters. The molecule has 0 spiro atoms. The number of aromatic nitrogens is 4. The Labute approximate surface area is 156 Å². The lowest BCUT2D eigenvalue weighted by Crippen LogP contribution is -2.18. The average Bonchev–Trinajstić information content (AvgIpc) is 3.11. The fraction of sp³-hybridized carbons (Fsp3) is 0.278. The maximum absolute atomic E-state index is 11.8. The highest BCUT2D eigenvalue weighted by Crippen LogP contribution is 2.25. The summed E-state index contributed by atoms with van der Waals surface area (Å²) in [6.07, 6.45) is 1.54. The minimum Gasteiger partial charge on any atom is -0.383 e. The van der Waals surface area contributed by atoms with Crippen molar-refractivity contribution in [1.29, 1.82) is 0 Å². The van der Waals surface area contributed by atoms with Crippen molar-refractivity contribution in [3.63, 3.8) is 0 Å². The lowest BCUT2D eigenvalue weighted by molar-refractivity contribution is 0.0962. The summed E-state index contributed by atoms with van der Waals surface area (Å²) in [6.45, 7) is 5.80. The van der Waals surface area contributed by atoms with Crippen LogP contribution in [-0.4, -0.2) is 33.1 Å². The van der Waals surface area contributed by atoms with E-state index in [1.165, 1.54) is 6.20 Å². The fourth-order valence-electron chi connectivity index (χ4n) is 2.46. The average molecular weight is 367 g/mol. The van der Waals surface area contributed by atoms with Gasteiger partial charge < -0.3 is 20.9 Å². The molecule has 0 saturated carbocycles. The quantitative estimate of drug-likeness (QED) is 0.627. The zero-order chi connectivity index (χ0) is 19.6. The van der Waals surface area contributed by atoms with Gasteiger partial charge in [-0.1, -0.05) is 19.0 Å². The van der Waals surface area contributed by atoms with E-state index in [4.69, 9.17) is 10.3 Å². The summed E-state index contributed by atoms with van der Waals surface area (Å²) in [5.41, 5.74) is 8.69. The number of benzene rings is 1. The lowest BCUT2D eigenvalue weighted by atomic mass is 10.1. The van der Waals surface area contributed by atoms with Crippen molar-refractivity contribution in [3.8, 4) is 11.5 Å². The number of hydrogen-bond acceptors (Lipinski definition) is 8. The number of anilines is 3. The van der Waals surface area contributed by atoms with Crippen molar-refractivity contribution < 1.29 is 9.32 Å². The Hall–Kier alpha value is -3.49. The van der Waals surface area contributed by atoms with Crippen LogP contribution in [0.3, 0.4) is 0 Å². The molecule has 9 heteroatoms. The minimum atomic E-state index is -0.135. The molecule has 2 aromatic heterocycles. The van der Waals surface area contributed by atoms with Crippen molar-refractivity contribution in [2.24, 2.45) is 0 Å². The first-order chi connectivity index (χ1) is 12.9. The number of rotatable bonds is 5. The second-order valence-electron chi connectivity index (χ2n) is 6.34. The van der Waals surface area contributed by atoms with E-state index in [-0.39, 0.29) is 23.5 Å². The SMILES string of the molecule is CNC(=O)c1ccc(Nc2ncc(-c3nc(C(C)C)no3)c(N)n2)cc1C. The molecule has 0 atom stereocenters. The highest BCUT2D eigenvalue weighted by molar-refractivity contribution is 5.95. The maximum Gasteiger partial charge on any atom is 0.263 e. The number of aryl methyl sites for hydroxylation is 1. The van der Waals surface area contributed by atoms with Gasteiger partial charge >= 0.3 is 0 Å². The Morgan fingerprint density at radius 2 is 2.04 bits per heavy atom. The molecular formula is C18H21N7O2. The molecule has 0 fully saturated rings. The molecule has 2 heterocycles. The number of carbonyl (C=O) groups excluding carboxylic acids is 1. The van der Waals surface area contributed by atoms with Crippen LogP contribution in [0.25, 0.3) is 11.5 Å². The van der Waals surface area contributed by atoms with Crippen LogP contribution in [0.15, 0.2) is 28.9 Å². The van der Waals surface area contributed by atoms with E-state index in [0.717, 1.165) is 11.3 Å². The molecule has 3 aromatic rings. The first-order valence-electron chi connectivity index (χ1n) is 8.45. The molecule has 0 aliphatic carbocycles. The third kappa shape index (κ3) is 3.86. The summed E-state index contributed by atoms with van der Waals surface area (Å²) in [6, 6.07) is 5.35. The Morgan fingerprint density at radius 3 is 2.63 bits per heavy atom. The molecule has 27 heavy (non-hydrogen) atoms. The van der Waals surface area contributed by atoms with Gasteiger partial charge in [0.1, 0.15) is 11.4 Å². The van der Waals surface area contributed by atoms with E-state index in [9.17, 15) is 4.79 Å². The summed E-state index contributed by atoms with van der Waals surface area (Å²) in [4.78, 5) is 24.6. The van der Waals surface area contributed by atoms with Crippen LogP contribution >= 0.6 is 0 Å². The van der Waals surface area contributed by atoms with Crippen molar-refractivity contribution in [2.45, 2.75) is 26.7 Å². The van der Waals surface area contributed by atoms with Gasteiger partial charge in [-0.25, -0.2) is 4.98 Å². The van der Waals surface area contributed by atoms with E-state index in [1.807, 2.05) is 26.8 Å². The maximum atomic E-state index is 11.8. The van der Waals surface area contributed by atoms with Crippen LogP contribution in [-0.2, 0) is 0 Å². The van der Waals surface area contributed by atoms with Gasteiger partial charge in [0, 0.05) is 30.4 Å². The molecule has 0 bridgehead atoms. The van der Waals surface area contributed by atoms with Gasteiger partial charge in [-0.05, 0) is 30.7 Å². The van der Waals surface area contributed by atoms with Gasteiger partial charge in [0.05, 0.1) is 0 Å². The molecule has 0 aliphatic heterocycles. The highest BCUT2D eigenvalue weighted by Gasteiger charge is 2.16. The number of nitrogens with zero attached hydrogens (tertiary/aromatic N) is 4. The molecule has 4 N–H and O–H groups in total. The monoisotopic (exact) mass is 367 g/mol. The molecule has 140 valence electrons. The Bertz CT molecular complexity index is 982. The zero-order valence-electron chi connectivity index (χ0n) is 15.6. The fourth-order valence-corrected chi connectivity index (χ4v) is 2.46. The Balaban J connectivity index is 1.81. The van der Waals surface area contributed by atoms with E-state index in [2.05, 4.69) is 30.7 Å². The molecule has 9 nitrogen and oxygen atoms in total. The number of nitrogen functional groups attached to an aromatic ring is 1. The number of amides is 1. The minimum absolute atomic E-state index is 0.135. The molecule has 1 aromatic carbocycles. The summed E-state index contributed by atoms with van der Waals surface area (Å²) < 4.78 is 5.23. The van der Waals surface area contributed by atoms with Gasteiger partial charge in [0.2, 0.25) is 5.95 Å². The lowest BCUT2D eigenvalue weighted by Gasteiger charge is -2.09. The first-order valence-corrected chi connectivity index (χ1v) is 8.45. The van der Waals surface area contributed by atoms with Crippen molar-refractivity contribution in [1.82, 2.24) is 25.4 Å². The van der Waals surface area contributed by atoms with Crippen molar-refractivity contribution in [2.75, 3.05) is 18.1 Å². The van der Waals surface area contributed by atoms with E-state index >= 15 is 0 Å². The van der Waals surface area contributed by atoms with Gasteiger partial charge in [0.25, 0.3) is 11.8 Å². The van der Waals surface area contributed by atoms with Gasteiger partial charge in [-0.15, -0.1) is 0 Å². The van der Waals surface area contributed by atoms with Crippen LogP contribution in [0.4, 0.5) is 17.5 Å². The van der Waals surface area contributed by atoms with Gasteiger partial charge in [-0.2, -0.15) is 9.97 Å². The van der Waals surface area contributed by atoms with Gasteiger partial charge in [-0.3, -0.25) is 4.79 Å². The topological polar surface area (TPSA) is 132 Å². The number of nitrogens with one attached hydrogen (secondary N) is 2. The second kappa shape index (κ2) is 7.40. The number of hydrogen-bond donors (Lipinski definition) is 3. The Morgan fingerprint density at radius 1 is 1.26 bits per heavy atom. The molecule has 0 saturated heterocycles. The van der Waals surface area contributed by atoms with Crippen LogP contribution in [0, 0.1) is 6.92 Å². The van der Waals surface area contributed by atoms with Crippen LogP contribution in [0.5, 0.6) is 0 Å². The summed E-state index contributed by atoms with van der Waals surface area (Å²) in [5.74, 6) is 1.44. The van der Waals surface area contributed by atoms with E-state index in [0.29, 0.717) is 22.9 Å². The van der Waals surface area contributed by atoms with Crippen LogP contribution < -0.4 is 16.4 Å². The van der Waals surface area contributed by atoms with E-state index in [1.54, 1.807) is 19.2 Å². The first kappa shape index (κ1) is 18.3. The Kier molecular flexibility index (Phi) is 5.02. The number of nitrogens with two attached hydrogens (primary N) is 1. The molecule has 0 radical (unpaired) electrons. The number of carbonyl (C=O) groups is 1. The van der Waals surface area contributed by atoms with E-state index < -0.39 is 0 Å². The predicted molar refractivity (Wildman–Crippen MR) is 102 cm³/mol. The van der Waals surface area contributed by atoms with Crippen molar-refractivity contribution >= 4 is 23.4 Å². The molecule has 0 aliphatic rings. The largest absolute Gasteiger partial charge is 0.383 e. The smallest absolute Gasteiger partial charge is 0.263 e. The molecule has 3 rings (SSSR count). The van der Waals surface area contributed by atoms with Crippen LogP contribution in [0.1, 0.15) is 41.5 Å². The van der Waals surface area contributed by atoms with Crippen molar-refractivity contribution in [3.05, 3.63) is 41.3 Å². The van der Waals surface area contributed by atoms with Crippen LogP contribution in [0.2, 0.25) is 0 Å². The predicted octanol–water partition coefficient (Wildman–Crippen LogP) is 2.64. The standard InChI is InChI=1S/C18H21N7O2/c1-9(2)15-24-17(27-25-15)13-8-21-18(23-14(13)19)22-11-5-6-12(10(3)7-11)16(26)20-4/h5-9H,1-4H3,(H,20,26)(H3,19,21,22,23). The molecule has 1 amide bonds. The normalized spacial score (nSPS) is 10.9. The highest BCUT2D eigenvalue weighted by atomic mass is 16.5. The zero-order valence-corrected chi connectivity index (χ0v) is 15.6. The summed E-state index contributed by atoms with van der Waals surface area (Å²) in [7, 11) is 1.60.